The second kappa shape index (κ2) is 7.53. The van der Waals surface area contributed by atoms with E-state index >= 15 is 0 Å². The van der Waals surface area contributed by atoms with Gasteiger partial charge < -0.3 is 9.05 Å². The largest absolute Gasteiger partial charge is 0.426 e. The van der Waals surface area contributed by atoms with Gasteiger partial charge in [-0.15, -0.1) is 0 Å². The first-order chi connectivity index (χ1) is 8.50. The topological polar surface area (TPSA) is 18.5 Å². The predicted molar refractivity (Wildman–Crippen MR) is 84.0 cm³/mol. The minimum Gasteiger partial charge on any atom is -0.426 e. The molecule has 0 saturated heterocycles. The lowest BCUT2D eigenvalue weighted by atomic mass is 10.3. The molecule has 0 fully saturated rings. The van der Waals surface area contributed by atoms with Gasteiger partial charge in [-0.1, -0.05) is 36.5 Å². The normalized spacial score (nSPS) is 13.4. The predicted octanol–water partition coefficient (Wildman–Crippen LogP) is 5.35. The van der Waals surface area contributed by atoms with Gasteiger partial charge >= 0.3 is 5.69 Å². The van der Waals surface area contributed by atoms with E-state index in [1.807, 2.05) is 6.92 Å². The Labute approximate surface area is 126 Å². The number of hydrogen-bond acceptors (Lipinski definition) is 4. The highest BCUT2D eigenvalue weighted by Crippen LogP contribution is 2.61. The molecular formula is C11H11Cl2O2PS2. The summed E-state index contributed by atoms with van der Waals surface area (Å²) >= 11 is 18.6. The van der Waals surface area contributed by atoms with Crippen LogP contribution in [0.4, 0.5) is 0 Å². The fourth-order valence-electron chi connectivity index (χ4n) is 1.01. The quantitative estimate of drug-likeness (QED) is 0.513. The number of rotatable bonds is 6. The van der Waals surface area contributed by atoms with Crippen LogP contribution in [0.25, 0.3) is 0 Å². The van der Waals surface area contributed by atoms with Gasteiger partial charge in [0.05, 0.1) is 5.02 Å². The van der Waals surface area contributed by atoms with E-state index in [0.29, 0.717) is 15.8 Å². The van der Waals surface area contributed by atoms with Crippen molar-refractivity contribution < 1.29 is 9.05 Å². The molecule has 0 N–H and O–H groups in total. The molecule has 1 unspecified atom stereocenters. The van der Waals surface area contributed by atoms with E-state index in [4.69, 9.17) is 50.5 Å². The van der Waals surface area contributed by atoms with Crippen LogP contribution in [0.2, 0.25) is 10.0 Å². The van der Waals surface area contributed by atoms with Gasteiger partial charge in [0.2, 0.25) is 0 Å². The number of halogens is 2. The summed E-state index contributed by atoms with van der Waals surface area (Å²) in [6, 6.07) is 4.90. The maximum Gasteiger partial charge on any atom is 0.357 e. The van der Waals surface area contributed by atoms with Crippen LogP contribution in [0.1, 0.15) is 13.3 Å². The molecule has 7 heteroatoms. The summed E-state index contributed by atoms with van der Waals surface area (Å²) in [5.74, 6) is 1.24. The van der Waals surface area contributed by atoms with Crippen molar-refractivity contribution in [3.05, 3.63) is 28.2 Å². The number of benzene rings is 1. The summed E-state index contributed by atoms with van der Waals surface area (Å²) in [4.78, 5) is 0. The smallest absolute Gasteiger partial charge is 0.357 e. The van der Waals surface area contributed by atoms with E-state index in [-0.39, 0.29) is 0 Å². The van der Waals surface area contributed by atoms with Gasteiger partial charge in [-0.25, -0.2) is 0 Å². The van der Waals surface area contributed by atoms with Crippen molar-refractivity contribution >= 4 is 52.1 Å². The molecule has 1 rings (SSSR count). The van der Waals surface area contributed by atoms with Crippen LogP contribution >= 0.6 is 40.3 Å². The molecule has 0 aliphatic heterocycles. The second-order valence-corrected chi connectivity index (χ2v) is 10.3. The van der Waals surface area contributed by atoms with Crippen LogP contribution in [0.5, 0.6) is 5.75 Å². The zero-order chi connectivity index (χ0) is 13.6. The van der Waals surface area contributed by atoms with Crippen LogP contribution in [0, 0.1) is 12.5 Å². The van der Waals surface area contributed by atoms with E-state index < -0.39 is 5.69 Å². The van der Waals surface area contributed by atoms with Crippen LogP contribution < -0.4 is 4.52 Å². The average Bonchev–Trinajstić information content (AvgIpc) is 2.31. The van der Waals surface area contributed by atoms with Crippen molar-refractivity contribution in [1.29, 1.82) is 0 Å². The molecule has 2 nitrogen and oxygen atoms in total. The first-order valence-corrected chi connectivity index (χ1v) is 10.0. The fourth-order valence-corrected chi connectivity index (χ4v) is 5.53. The van der Waals surface area contributed by atoms with Gasteiger partial charge in [0, 0.05) is 22.6 Å². The Balaban J connectivity index is 2.89. The average molecular weight is 341 g/mol. The van der Waals surface area contributed by atoms with Crippen LogP contribution in [0.3, 0.4) is 0 Å². The molecular weight excluding hydrogens is 330 g/mol. The standard InChI is InChI=1S/C11H11Cl2O2PS2/c1-3-7-18-16(17,14-4-2)15-11-6-5-9(12)8-10(11)13/h2,5-6,8H,3,7H2,1H3. The molecule has 0 radical (unpaired) electrons. The molecule has 1 atom stereocenters. The molecule has 0 spiro atoms. The summed E-state index contributed by atoms with van der Waals surface area (Å²) in [6.45, 7) is 2.04. The lowest BCUT2D eigenvalue weighted by molar-refractivity contribution is 0.484. The van der Waals surface area contributed by atoms with Crippen molar-refractivity contribution in [3.8, 4) is 18.3 Å². The van der Waals surface area contributed by atoms with E-state index in [0.717, 1.165) is 12.2 Å². The second-order valence-electron chi connectivity index (χ2n) is 3.16. The van der Waals surface area contributed by atoms with Crippen molar-refractivity contribution in [1.82, 2.24) is 0 Å². The Kier molecular flexibility index (Phi) is 6.70. The Bertz CT molecular complexity index is 502. The van der Waals surface area contributed by atoms with Crippen molar-refractivity contribution in [2.45, 2.75) is 13.3 Å². The van der Waals surface area contributed by atoms with E-state index in [2.05, 4.69) is 6.11 Å². The summed E-state index contributed by atoms with van der Waals surface area (Å²) < 4.78 is 10.8. The number of terminal acetylenes is 1. The highest BCUT2D eigenvalue weighted by molar-refractivity contribution is 8.68. The molecule has 0 heterocycles. The van der Waals surface area contributed by atoms with Crippen molar-refractivity contribution in [2.75, 3.05) is 5.75 Å². The summed E-state index contributed by atoms with van der Waals surface area (Å²) in [5.41, 5.74) is -2.61. The summed E-state index contributed by atoms with van der Waals surface area (Å²) in [6.07, 6.45) is 8.20. The summed E-state index contributed by atoms with van der Waals surface area (Å²) in [7, 11) is 0. The zero-order valence-corrected chi connectivity index (χ0v) is 13.6. The SMILES string of the molecule is C#COP(=S)(Oc1ccc(Cl)cc1Cl)SCCC. The molecule has 0 saturated carbocycles. The third-order valence-corrected chi connectivity index (χ3v) is 7.25. The fraction of sp³-hybridized carbons (Fsp3) is 0.273. The molecule has 0 bridgehead atoms. The maximum atomic E-state index is 6.02. The van der Waals surface area contributed by atoms with Gasteiger partial charge in [0.25, 0.3) is 0 Å². The van der Waals surface area contributed by atoms with Gasteiger partial charge in [-0.05, 0) is 36.0 Å². The molecule has 1 aromatic carbocycles. The van der Waals surface area contributed by atoms with E-state index in [1.165, 1.54) is 11.4 Å². The molecule has 18 heavy (non-hydrogen) atoms. The van der Waals surface area contributed by atoms with Crippen LogP contribution in [-0.2, 0) is 16.3 Å². The third kappa shape index (κ3) is 4.91. The first kappa shape index (κ1) is 16.0. The van der Waals surface area contributed by atoms with Gasteiger partial charge in [0.1, 0.15) is 11.9 Å². The van der Waals surface area contributed by atoms with Crippen molar-refractivity contribution in [2.24, 2.45) is 0 Å². The lowest BCUT2D eigenvalue weighted by Gasteiger charge is -2.19. The Morgan fingerprint density at radius 1 is 1.50 bits per heavy atom. The highest BCUT2D eigenvalue weighted by atomic mass is 35.5. The zero-order valence-electron chi connectivity index (χ0n) is 9.56. The van der Waals surface area contributed by atoms with Crippen LogP contribution in [0.15, 0.2) is 18.2 Å². The monoisotopic (exact) mass is 340 g/mol. The minimum absolute atomic E-state index is 0.384. The van der Waals surface area contributed by atoms with Crippen LogP contribution in [-0.4, -0.2) is 5.75 Å². The molecule has 1 aromatic rings. The lowest BCUT2D eigenvalue weighted by Crippen LogP contribution is -1.93. The minimum atomic E-state index is -2.61. The molecule has 0 aliphatic carbocycles. The van der Waals surface area contributed by atoms with Gasteiger partial charge in [-0.3, -0.25) is 0 Å². The molecule has 0 aromatic heterocycles. The molecule has 0 amide bonds. The maximum absolute atomic E-state index is 6.02. The third-order valence-electron chi connectivity index (χ3n) is 1.72. The number of hydrogen-bond donors (Lipinski definition) is 0. The Hall–Kier alpha value is -0.0400. The van der Waals surface area contributed by atoms with E-state index in [1.54, 1.807) is 18.2 Å². The Morgan fingerprint density at radius 2 is 2.22 bits per heavy atom. The van der Waals surface area contributed by atoms with Gasteiger partial charge in [0.15, 0.2) is 0 Å². The Morgan fingerprint density at radius 3 is 2.78 bits per heavy atom. The van der Waals surface area contributed by atoms with E-state index in [9.17, 15) is 0 Å². The van der Waals surface area contributed by atoms with Crippen molar-refractivity contribution in [3.63, 3.8) is 0 Å². The first-order valence-electron chi connectivity index (χ1n) is 5.04. The highest BCUT2D eigenvalue weighted by Gasteiger charge is 2.23. The molecule has 0 aliphatic rings. The summed E-state index contributed by atoms with van der Waals surface area (Å²) in [5, 5.41) is 0.911. The van der Waals surface area contributed by atoms with Gasteiger partial charge in [-0.2, -0.15) is 0 Å². The molecule has 98 valence electrons.